The molecule has 1 aromatic carbocycles. The van der Waals surface area contributed by atoms with Crippen molar-refractivity contribution < 1.29 is 18.7 Å². The van der Waals surface area contributed by atoms with Crippen molar-refractivity contribution in [3.05, 3.63) is 41.8 Å². The molecular formula is C15H17NO4. The van der Waals surface area contributed by atoms with E-state index in [4.69, 9.17) is 18.7 Å². The summed E-state index contributed by atoms with van der Waals surface area (Å²) in [7, 11) is 3.16. The van der Waals surface area contributed by atoms with Gasteiger partial charge in [0, 0.05) is 6.07 Å². The number of hydrogen-bond donors (Lipinski definition) is 0. The fourth-order valence-corrected chi connectivity index (χ4v) is 1.79. The SMILES string of the molecule is C=Cc1cc(OC)c(OCc2cc(C)on2)c(OC)c1. The third-order valence-electron chi connectivity index (χ3n) is 2.76. The van der Waals surface area contributed by atoms with Crippen LogP contribution in [0.5, 0.6) is 17.2 Å². The molecule has 1 aromatic heterocycles. The predicted molar refractivity (Wildman–Crippen MR) is 75.2 cm³/mol. The first-order chi connectivity index (χ1) is 9.67. The highest BCUT2D eigenvalue weighted by Crippen LogP contribution is 2.39. The van der Waals surface area contributed by atoms with Crippen LogP contribution in [0.1, 0.15) is 17.0 Å². The molecule has 106 valence electrons. The molecule has 0 amide bonds. The van der Waals surface area contributed by atoms with Crippen LogP contribution in [0.15, 0.2) is 29.3 Å². The van der Waals surface area contributed by atoms with Gasteiger partial charge in [-0.25, -0.2) is 0 Å². The Morgan fingerprint density at radius 3 is 2.30 bits per heavy atom. The lowest BCUT2D eigenvalue weighted by Crippen LogP contribution is -2.00. The van der Waals surface area contributed by atoms with Crippen molar-refractivity contribution in [2.24, 2.45) is 0 Å². The molecule has 5 heteroatoms. The van der Waals surface area contributed by atoms with E-state index in [0.717, 1.165) is 11.3 Å². The molecule has 0 aliphatic carbocycles. The summed E-state index contributed by atoms with van der Waals surface area (Å²) in [6, 6.07) is 5.48. The number of rotatable bonds is 6. The molecule has 0 aliphatic rings. The van der Waals surface area contributed by atoms with Gasteiger partial charge in [0.2, 0.25) is 5.75 Å². The summed E-state index contributed by atoms with van der Waals surface area (Å²) in [5.41, 5.74) is 1.60. The molecule has 0 saturated heterocycles. The van der Waals surface area contributed by atoms with Crippen LogP contribution in [0.4, 0.5) is 0 Å². The van der Waals surface area contributed by atoms with Crippen LogP contribution in [0.25, 0.3) is 6.08 Å². The zero-order chi connectivity index (χ0) is 14.5. The van der Waals surface area contributed by atoms with Crippen LogP contribution in [-0.4, -0.2) is 19.4 Å². The van der Waals surface area contributed by atoms with Gasteiger partial charge in [-0.3, -0.25) is 0 Å². The number of nitrogens with zero attached hydrogens (tertiary/aromatic N) is 1. The van der Waals surface area contributed by atoms with Crippen molar-refractivity contribution in [1.82, 2.24) is 5.16 Å². The van der Waals surface area contributed by atoms with Crippen molar-refractivity contribution in [1.29, 1.82) is 0 Å². The van der Waals surface area contributed by atoms with E-state index in [1.165, 1.54) is 0 Å². The quantitative estimate of drug-likeness (QED) is 0.810. The monoisotopic (exact) mass is 275 g/mol. The number of methoxy groups -OCH3 is 2. The van der Waals surface area contributed by atoms with Crippen molar-refractivity contribution in [3.8, 4) is 17.2 Å². The average Bonchev–Trinajstić information content (AvgIpc) is 2.89. The Bertz CT molecular complexity index is 579. The third-order valence-corrected chi connectivity index (χ3v) is 2.76. The Morgan fingerprint density at radius 2 is 1.85 bits per heavy atom. The molecule has 2 rings (SSSR count). The first kappa shape index (κ1) is 14.0. The molecule has 20 heavy (non-hydrogen) atoms. The Balaban J connectivity index is 2.27. The molecule has 0 N–H and O–H groups in total. The van der Waals surface area contributed by atoms with Gasteiger partial charge >= 0.3 is 0 Å². The zero-order valence-electron chi connectivity index (χ0n) is 11.8. The van der Waals surface area contributed by atoms with Crippen molar-refractivity contribution in [3.63, 3.8) is 0 Å². The third kappa shape index (κ3) is 2.93. The molecule has 5 nitrogen and oxygen atoms in total. The van der Waals surface area contributed by atoms with Crippen LogP contribution in [0.3, 0.4) is 0 Å². The first-order valence-corrected chi connectivity index (χ1v) is 6.11. The lowest BCUT2D eigenvalue weighted by Gasteiger charge is -2.14. The molecule has 0 saturated carbocycles. The van der Waals surface area contributed by atoms with Crippen LogP contribution in [0.2, 0.25) is 0 Å². The number of aromatic nitrogens is 1. The number of aryl methyl sites for hydroxylation is 1. The summed E-state index contributed by atoms with van der Waals surface area (Å²) in [5.74, 6) is 2.43. The summed E-state index contributed by atoms with van der Waals surface area (Å²) in [4.78, 5) is 0. The van der Waals surface area contributed by atoms with Gasteiger partial charge in [-0.1, -0.05) is 17.8 Å². The van der Waals surface area contributed by atoms with E-state index in [1.807, 2.05) is 25.1 Å². The molecule has 0 bridgehead atoms. The highest BCUT2D eigenvalue weighted by atomic mass is 16.5. The maximum atomic E-state index is 5.74. The summed E-state index contributed by atoms with van der Waals surface area (Å²) in [6.45, 7) is 5.84. The fraction of sp³-hybridized carbons (Fsp3) is 0.267. The predicted octanol–water partition coefficient (Wildman–Crippen LogP) is 3.22. The number of hydrogen-bond acceptors (Lipinski definition) is 5. The van der Waals surface area contributed by atoms with Crippen molar-refractivity contribution >= 4 is 6.08 Å². The highest BCUT2D eigenvalue weighted by Gasteiger charge is 2.14. The van der Waals surface area contributed by atoms with E-state index in [2.05, 4.69) is 11.7 Å². The second kappa shape index (κ2) is 6.14. The normalized spacial score (nSPS) is 10.2. The van der Waals surface area contributed by atoms with Gasteiger partial charge in [0.15, 0.2) is 11.5 Å². The molecule has 0 atom stereocenters. The van der Waals surface area contributed by atoms with Crippen LogP contribution in [0, 0.1) is 6.92 Å². The summed E-state index contributed by atoms with van der Waals surface area (Å²) < 4.78 is 21.4. The molecule has 0 aliphatic heterocycles. The molecule has 0 fully saturated rings. The van der Waals surface area contributed by atoms with E-state index >= 15 is 0 Å². The van der Waals surface area contributed by atoms with Gasteiger partial charge in [0.05, 0.1) is 14.2 Å². The minimum atomic E-state index is 0.275. The van der Waals surface area contributed by atoms with Gasteiger partial charge < -0.3 is 18.7 Å². The molecule has 0 unspecified atom stereocenters. The highest BCUT2D eigenvalue weighted by molar-refractivity contribution is 5.61. The fourth-order valence-electron chi connectivity index (χ4n) is 1.79. The summed E-state index contributed by atoms with van der Waals surface area (Å²) >= 11 is 0. The maximum Gasteiger partial charge on any atom is 0.203 e. The van der Waals surface area contributed by atoms with Crippen molar-refractivity contribution in [2.75, 3.05) is 14.2 Å². The maximum absolute atomic E-state index is 5.74. The number of ether oxygens (including phenoxy) is 3. The van der Waals surface area contributed by atoms with Crippen LogP contribution in [-0.2, 0) is 6.61 Å². The van der Waals surface area contributed by atoms with Gasteiger partial charge in [0.25, 0.3) is 0 Å². The van der Waals surface area contributed by atoms with E-state index in [1.54, 1.807) is 20.3 Å². The smallest absolute Gasteiger partial charge is 0.203 e. The Labute approximate surface area is 117 Å². The standard InChI is InChI=1S/C15H17NO4/c1-5-11-7-13(17-3)15(14(8-11)18-4)19-9-12-6-10(2)20-16-12/h5-8H,1,9H2,2-4H3. The average molecular weight is 275 g/mol. The van der Waals surface area contributed by atoms with Gasteiger partial charge in [-0.15, -0.1) is 0 Å². The summed E-state index contributed by atoms with van der Waals surface area (Å²) in [5, 5.41) is 3.88. The lowest BCUT2D eigenvalue weighted by molar-refractivity contribution is 0.256. The lowest BCUT2D eigenvalue weighted by atomic mass is 10.2. The Kier molecular flexibility index (Phi) is 4.30. The Morgan fingerprint density at radius 1 is 1.20 bits per heavy atom. The minimum Gasteiger partial charge on any atom is -0.493 e. The second-order valence-corrected chi connectivity index (χ2v) is 4.18. The topological polar surface area (TPSA) is 53.7 Å². The molecule has 0 radical (unpaired) electrons. The zero-order valence-corrected chi connectivity index (χ0v) is 11.8. The molecule has 0 spiro atoms. The number of benzene rings is 1. The van der Waals surface area contributed by atoms with Crippen LogP contribution < -0.4 is 14.2 Å². The van der Waals surface area contributed by atoms with E-state index in [9.17, 15) is 0 Å². The second-order valence-electron chi connectivity index (χ2n) is 4.18. The molecule has 1 heterocycles. The van der Waals surface area contributed by atoms with E-state index in [-0.39, 0.29) is 6.61 Å². The first-order valence-electron chi connectivity index (χ1n) is 6.11. The largest absolute Gasteiger partial charge is 0.493 e. The van der Waals surface area contributed by atoms with Crippen molar-refractivity contribution in [2.45, 2.75) is 13.5 Å². The van der Waals surface area contributed by atoms with Crippen LogP contribution >= 0.6 is 0 Å². The van der Waals surface area contributed by atoms with Gasteiger partial charge in [-0.05, 0) is 24.6 Å². The minimum absolute atomic E-state index is 0.275. The molecular weight excluding hydrogens is 258 g/mol. The molecule has 2 aromatic rings. The van der Waals surface area contributed by atoms with E-state index < -0.39 is 0 Å². The Hall–Kier alpha value is -2.43. The van der Waals surface area contributed by atoms with Gasteiger partial charge in [0.1, 0.15) is 18.1 Å². The van der Waals surface area contributed by atoms with E-state index in [0.29, 0.717) is 22.9 Å². The summed E-state index contributed by atoms with van der Waals surface area (Å²) in [6.07, 6.45) is 1.72. The van der Waals surface area contributed by atoms with Gasteiger partial charge in [-0.2, -0.15) is 0 Å².